The number of ketones is 1. The number of carbonyl (C=O) groups excluding carboxylic acids is 1. The minimum absolute atomic E-state index is 0.0631. The van der Waals surface area contributed by atoms with Crippen LogP contribution in [-0.4, -0.2) is 16.5 Å². The maximum absolute atomic E-state index is 12.6. The number of hydrogen-bond acceptors (Lipinski definition) is 2. The first-order valence-corrected chi connectivity index (χ1v) is 10.8. The van der Waals surface area contributed by atoms with Crippen molar-refractivity contribution in [2.45, 2.75) is 79.2 Å². The summed E-state index contributed by atoms with van der Waals surface area (Å²) in [5.41, 5.74) is 1.90. The first-order valence-electron chi connectivity index (χ1n) is 10.8. The molecule has 0 aliphatic heterocycles. The van der Waals surface area contributed by atoms with Crippen molar-refractivity contribution in [1.29, 1.82) is 0 Å². The molecule has 0 radical (unpaired) electrons. The summed E-state index contributed by atoms with van der Waals surface area (Å²) in [6.07, 6.45) is 14.0. The molecule has 0 spiro atoms. The largest absolute Gasteiger partial charge is 0.389 e. The number of rotatable bonds is 3. The van der Waals surface area contributed by atoms with Crippen molar-refractivity contribution in [2.24, 2.45) is 35.0 Å². The van der Waals surface area contributed by atoms with Gasteiger partial charge in [0, 0.05) is 18.3 Å². The molecule has 3 aliphatic rings. The van der Waals surface area contributed by atoms with Crippen LogP contribution >= 0.6 is 0 Å². The lowest BCUT2D eigenvalue weighted by Crippen LogP contribution is -2.40. The summed E-state index contributed by atoms with van der Waals surface area (Å²) in [7, 11) is 0. The highest BCUT2D eigenvalue weighted by atomic mass is 16.3. The van der Waals surface area contributed by atoms with Gasteiger partial charge in [0.05, 0.1) is 5.60 Å². The van der Waals surface area contributed by atoms with E-state index in [4.69, 9.17) is 0 Å². The van der Waals surface area contributed by atoms with Crippen LogP contribution in [0.4, 0.5) is 0 Å². The molecule has 27 heavy (non-hydrogen) atoms. The Balaban J connectivity index is 1.88. The van der Waals surface area contributed by atoms with Gasteiger partial charge in [-0.25, -0.2) is 0 Å². The van der Waals surface area contributed by atoms with E-state index in [1.807, 2.05) is 6.92 Å². The van der Waals surface area contributed by atoms with Crippen LogP contribution in [0.25, 0.3) is 0 Å². The van der Waals surface area contributed by atoms with Gasteiger partial charge in [-0.3, -0.25) is 4.79 Å². The minimum atomic E-state index is -0.852. The highest BCUT2D eigenvalue weighted by Gasteiger charge is 2.56. The number of hydrogen-bond donors (Lipinski definition) is 1. The molecule has 2 saturated carbocycles. The summed E-state index contributed by atoms with van der Waals surface area (Å²) >= 11 is 0. The molecule has 150 valence electrons. The van der Waals surface area contributed by atoms with Gasteiger partial charge in [0.15, 0.2) is 0 Å². The zero-order valence-electron chi connectivity index (χ0n) is 18.1. The molecular formula is C25H38O2. The van der Waals surface area contributed by atoms with Crippen LogP contribution in [0.1, 0.15) is 73.6 Å². The van der Waals surface area contributed by atoms with E-state index in [0.29, 0.717) is 24.2 Å². The summed E-state index contributed by atoms with van der Waals surface area (Å²) < 4.78 is 0. The third-order valence-electron chi connectivity index (χ3n) is 7.93. The van der Waals surface area contributed by atoms with E-state index in [-0.39, 0.29) is 23.0 Å². The molecule has 2 nitrogen and oxygen atoms in total. The SMILES string of the molecule is CC(C)=C/C=C\[C@H](C)[C@H]1CC[C@]2(C)C[C@H]3[C@H](C(=O)C[C@@]3(C)O)/C(C)=C\C[C@@H]12. The molecule has 0 saturated heterocycles. The predicted molar refractivity (Wildman–Crippen MR) is 112 cm³/mol. The quantitative estimate of drug-likeness (QED) is 0.498. The highest BCUT2D eigenvalue weighted by molar-refractivity contribution is 5.87. The summed E-state index contributed by atoms with van der Waals surface area (Å²) in [5.74, 6) is 2.12. The molecule has 3 rings (SSSR count). The Morgan fingerprint density at radius 1 is 1.30 bits per heavy atom. The van der Waals surface area contributed by atoms with Crippen LogP contribution in [0.15, 0.2) is 35.5 Å². The van der Waals surface area contributed by atoms with Crippen molar-refractivity contribution in [3.8, 4) is 0 Å². The molecule has 7 atom stereocenters. The van der Waals surface area contributed by atoms with Crippen molar-refractivity contribution in [3.05, 3.63) is 35.5 Å². The van der Waals surface area contributed by atoms with E-state index in [1.165, 1.54) is 24.0 Å². The third kappa shape index (κ3) is 3.88. The first kappa shape index (κ1) is 20.6. The van der Waals surface area contributed by atoms with E-state index in [1.54, 1.807) is 0 Å². The Kier molecular flexibility index (Phi) is 5.60. The zero-order chi connectivity index (χ0) is 20.0. The monoisotopic (exact) mass is 370 g/mol. The Labute approximate surface area is 165 Å². The van der Waals surface area contributed by atoms with Crippen molar-refractivity contribution in [1.82, 2.24) is 0 Å². The number of fused-ring (bicyclic) bond motifs is 2. The lowest BCUT2D eigenvalue weighted by Gasteiger charge is -2.42. The number of carbonyl (C=O) groups is 1. The third-order valence-corrected chi connectivity index (χ3v) is 7.93. The van der Waals surface area contributed by atoms with E-state index < -0.39 is 5.60 Å². The maximum Gasteiger partial charge on any atom is 0.143 e. The van der Waals surface area contributed by atoms with Crippen molar-refractivity contribution in [2.75, 3.05) is 0 Å². The minimum Gasteiger partial charge on any atom is -0.389 e. The Morgan fingerprint density at radius 3 is 2.67 bits per heavy atom. The van der Waals surface area contributed by atoms with Crippen LogP contribution in [0.2, 0.25) is 0 Å². The molecule has 2 fully saturated rings. The van der Waals surface area contributed by atoms with Gasteiger partial charge in [0.2, 0.25) is 0 Å². The smallest absolute Gasteiger partial charge is 0.143 e. The first-order chi connectivity index (χ1) is 12.5. The van der Waals surface area contributed by atoms with Crippen molar-refractivity contribution in [3.63, 3.8) is 0 Å². The fourth-order valence-corrected chi connectivity index (χ4v) is 6.34. The second-order valence-electron chi connectivity index (χ2n) is 10.4. The second-order valence-corrected chi connectivity index (χ2v) is 10.4. The van der Waals surface area contributed by atoms with Crippen LogP contribution in [0.3, 0.4) is 0 Å². The van der Waals surface area contributed by atoms with E-state index in [2.05, 4.69) is 58.9 Å². The summed E-state index contributed by atoms with van der Waals surface area (Å²) in [4.78, 5) is 12.6. The van der Waals surface area contributed by atoms with Gasteiger partial charge in [-0.2, -0.15) is 0 Å². The Morgan fingerprint density at radius 2 is 2.00 bits per heavy atom. The number of allylic oxidation sites excluding steroid dienone is 6. The number of Topliss-reactive ketones (excluding diaryl/α,β-unsaturated/α-hetero) is 1. The molecule has 0 heterocycles. The lowest BCUT2D eigenvalue weighted by molar-refractivity contribution is -0.120. The van der Waals surface area contributed by atoms with Crippen molar-refractivity contribution >= 4 is 5.78 Å². The lowest BCUT2D eigenvalue weighted by atomic mass is 9.63. The standard InChI is InChI=1S/C25H38O2/c1-16(2)8-7-9-17(3)19-12-13-24(5)14-21-23(18(4)10-11-20(19)24)22(26)15-25(21,6)27/h7-10,17,19-21,23,27H,11-15H2,1-6H3/b9-7-,18-10-/t17-,19+,20-,21-,23+,24+,25+/m0/s1. The molecule has 3 aliphatic carbocycles. The fraction of sp³-hybridized carbons (Fsp3) is 0.720. The van der Waals surface area contributed by atoms with Gasteiger partial charge in [0.1, 0.15) is 5.78 Å². The average Bonchev–Trinajstić information content (AvgIpc) is 2.97. The molecule has 2 heteroatoms. The Hall–Kier alpha value is -1.15. The summed E-state index contributed by atoms with van der Waals surface area (Å²) in [6, 6.07) is 0. The maximum atomic E-state index is 12.6. The normalized spacial score (nSPS) is 44.9. The molecule has 0 bridgehead atoms. The molecular weight excluding hydrogens is 332 g/mol. The molecule has 0 aromatic rings. The van der Waals surface area contributed by atoms with Crippen LogP contribution in [0, 0.1) is 35.0 Å². The molecule has 0 unspecified atom stereocenters. The Bertz CT molecular complexity index is 676. The zero-order valence-corrected chi connectivity index (χ0v) is 18.1. The van der Waals surface area contributed by atoms with Crippen molar-refractivity contribution < 1.29 is 9.90 Å². The predicted octanol–water partition coefficient (Wildman–Crippen LogP) is 5.87. The number of aliphatic hydroxyl groups is 1. The van der Waals surface area contributed by atoms with Gasteiger partial charge in [0.25, 0.3) is 0 Å². The van der Waals surface area contributed by atoms with Gasteiger partial charge in [-0.1, -0.05) is 49.3 Å². The topological polar surface area (TPSA) is 37.3 Å². The molecule has 0 amide bonds. The van der Waals surface area contributed by atoms with Gasteiger partial charge >= 0.3 is 0 Å². The van der Waals surface area contributed by atoms with Gasteiger partial charge in [-0.15, -0.1) is 0 Å². The summed E-state index contributed by atoms with van der Waals surface area (Å²) in [6.45, 7) is 13.1. The fourth-order valence-electron chi connectivity index (χ4n) is 6.34. The molecule has 0 aromatic carbocycles. The average molecular weight is 371 g/mol. The van der Waals surface area contributed by atoms with E-state index in [0.717, 1.165) is 12.8 Å². The van der Waals surface area contributed by atoms with E-state index in [9.17, 15) is 9.90 Å². The van der Waals surface area contributed by atoms with Crippen LogP contribution in [-0.2, 0) is 4.79 Å². The van der Waals surface area contributed by atoms with Gasteiger partial charge < -0.3 is 5.11 Å². The van der Waals surface area contributed by atoms with Crippen LogP contribution < -0.4 is 0 Å². The highest BCUT2D eigenvalue weighted by Crippen LogP contribution is 2.59. The van der Waals surface area contributed by atoms with Crippen LogP contribution in [0.5, 0.6) is 0 Å². The van der Waals surface area contributed by atoms with E-state index >= 15 is 0 Å². The molecule has 1 N–H and O–H groups in total. The summed E-state index contributed by atoms with van der Waals surface area (Å²) in [5, 5.41) is 11.0. The van der Waals surface area contributed by atoms with Gasteiger partial charge in [-0.05, 0) is 76.5 Å². The second kappa shape index (κ2) is 7.35. The molecule has 0 aromatic heterocycles.